The van der Waals surface area contributed by atoms with Crippen molar-refractivity contribution >= 4 is 5.78 Å². The summed E-state index contributed by atoms with van der Waals surface area (Å²) in [5, 5.41) is 0. The van der Waals surface area contributed by atoms with Crippen LogP contribution in [-0.2, 0) is 11.3 Å². The number of methoxy groups -OCH3 is 2. The molecule has 1 heterocycles. The lowest BCUT2D eigenvalue weighted by Gasteiger charge is -2.11. The molecule has 3 aromatic rings. The molecule has 0 radical (unpaired) electrons. The number of rotatable bonds is 8. The number of hydrogen-bond donors (Lipinski definition) is 0. The van der Waals surface area contributed by atoms with Crippen LogP contribution in [0.5, 0.6) is 17.2 Å². The average Bonchev–Trinajstić information content (AvgIpc) is 3.58. The number of Topliss-reactive ketones (excluding diaryl/α,β-unsaturated/α-hetero) is 1. The number of epoxide rings is 1. The topological polar surface area (TPSA) is 57.3 Å². The third kappa shape index (κ3) is 3.96. The minimum absolute atomic E-state index is 0.108. The Kier molecular flexibility index (Phi) is 5.49. The lowest BCUT2D eigenvalue weighted by Crippen LogP contribution is -2.11. The Morgan fingerprint density at radius 1 is 0.862 bits per heavy atom. The van der Waals surface area contributed by atoms with Crippen LogP contribution in [-0.4, -0.2) is 26.1 Å². The second kappa shape index (κ2) is 8.37. The van der Waals surface area contributed by atoms with Crippen LogP contribution in [0.25, 0.3) is 0 Å². The monoisotopic (exact) mass is 390 g/mol. The van der Waals surface area contributed by atoms with Gasteiger partial charge in [-0.1, -0.05) is 54.6 Å². The predicted molar refractivity (Wildman–Crippen MR) is 109 cm³/mol. The summed E-state index contributed by atoms with van der Waals surface area (Å²) in [5.41, 5.74) is 2.35. The molecule has 1 aliphatic heterocycles. The van der Waals surface area contributed by atoms with Gasteiger partial charge >= 0.3 is 0 Å². The lowest BCUT2D eigenvalue weighted by molar-refractivity contribution is 0.0949. The van der Waals surface area contributed by atoms with Crippen LogP contribution in [0.1, 0.15) is 27.6 Å². The molecule has 3 aromatic carbocycles. The van der Waals surface area contributed by atoms with Gasteiger partial charge in [0.15, 0.2) is 23.4 Å². The molecule has 5 heteroatoms. The molecule has 4 rings (SSSR count). The van der Waals surface area contributed by atoms with Gasteiger partial charge in [0.25, 0.3) is 0 Å². The highest BCUT2D eigenvalue weighted by Crippen LogP contribution is 2.47. The van der Waals surface area contributed by atoms with Crippen molar-refractivity contribution in [2.24, 2.45) is 0 Å². The summed E-state index contributed by atoms with van der Waals surface area (Å²) in [6.07, 6.45) is -0.938. The van der Waals surface area contributed by atoms with E-state index in [2.05, 4.69) is 0 Å². The molecular formula is C24H22O5. The molecule has 1 aliphatic rings. The second-order valence-electron chi connectivity index (χ2n) is 6.69. The Hall–Kier alpha value is -3.31. The number of hydrogen-bond acceptors (Lipinski definition) is 5. The molecule has 0 amide bonds. The number of ether oxygens (including phenoxy) is 4. The van der Waals surface area contributed by atoms with E-state index in [-0.39, 0.29) is 11.9 Å². The zero-order chi connectivity index (χ0) is 20.2. The van der Waals surface area contributed by atoms with Gasteiger partial charge in [-0.25, -0.2) is 0 Å². The summed E-state index contributed by atoms with van der Waals surface area (Å²) in [6.45, 7) is 0.393. The highest BCUT2D eigenvalue weighted by atomic mass is 16.6. The Labute approximate surface area is 169 Å². The highest BCUT2D eigenvalue weighted by molar-refractivity contribution is 6.03. The molecule has 148 valence electrons. The SMILES string of the molecule is COc1cccc([C@@H]2O[C@@H]2C(=O)c2ccccc2OCc2ccccc2)c1OC. The standard InChI is InChI=1S/C24H22O5/c1-26-20-14-8-12-18(22(20)27-2)23-24(29-23)21(25)17-11-6-7-13-19(17)28-15-16-9-4-3-5-10-16/h3-14,23-24H,15H2,1-2H3/t23-,24+/m0/s1. The number of carbonyl (C=O) groups is 1. The lowest BCUT2D eigenvalue weighted by atomic mass is 10.0. The maximum absolute atomic E-state index is 13.1. The molecule has 0 bridgehead atoms. The zero-order valence-electron chi connectivity index (χ0n) is 16.3. The van der Waals surface area contributed by atoms with E-state index < -0.39 is 6.10 Å². The van der Waals surface area contributed by atoms with Crippen molar-refractivity contribution in [2.45, 2.75) is 18.8 Å². The van der Waals surface area contributed by atoms with Gasteiger partial charge < -0.3 is 18.9 Å². The maximum atomic E-state index is 13.1. The maximum Gasteiger partial charge on any atom is 0.198 e. The molecule has 1 fully saturated rings. The van der Waals surface area contributed by atoms with E-state index in [0.717, 1.165) is 11.1 Å². The molecule has 0 unspecified atom stereocenters. The van der Waals surface area contributed by atoms with Gasteiger partial charge in [0, 0.05) is 5.56 Å². The first-order chi connectivity index (χ1) is 14.2. The normalized spacial score (nSPS) is 17.4. The Balaban J connectivity index is 1.52. The second-order valence-corrected chi connectivity index (χ2v) is 6.69. The van der Waals surface area contributed by atoms with Crippen LogP contribution in [0, 0.1) is 0 Å². The summed E-state index contributed by atoms with van der Waals surface area (Å²) >= 11 is 0. The fourth-order valence-corrected chi connectivity index (χ4v) is 3.37. The van der Waals surface area contributed by atoms with E-state index in [1.165, 1.54) is 0 Å². The van der Waals surface area contributed by atoms with Crippen molar-refractivity contribution < 1.29 is 23.7 Å². The van der Waals surface area contributed by atoms with Crippen LogP contribution >= 0.6 is 0 Å². The summed E-state index contributed by atoms with van der Waals surface area (Å²) in [5.74, 6) is 1.64. The van der Waals surface area contributed by atoms with E-state index in [0.29, 0.717) is 29.4 Å². The Bertz CT molecular complexity index is 999. The van der Waals surface area contributed by atoms with Gasteiger partial charge in [-0.15, -0.1) is 0 Å². The largest absolute Gasteiger partial charge is 0.493 e. The third-order valence-electron chi connectivity index (χ3n) is 4.88. The van der Waals surface area contributed by atoms with Gasteiger partial charge in [0.05, 0.1) is 19.8 Å². The minimum atomic E-state index is -0.572. The fourth-order valence-electron chi connectivity index (χ4n) is 3.37. The minimum Gasteiger partial charge on any atom is -0.493 e. The van der Waals surface area contributed by atoms with E-state index in [1.54, 1.807) is 26.4 Å². The Morgan fingerprint density at radius 2 is 1.59 bits per heavy atom. The van der Waals surface area contributed by atoms with Crippen molar-refractivity contribution in [2.75, 3.05) is 14.2 Å². The van der Waals surface area contributed by atoms with E-state index >= 15 is 0 Å². The fraction of sp³-hybridized carbons (Fsp3) is 0.208. The number of para-hydroxylation sites is 2. The van der Waals surface area contributed by atoms with Gasteiger partial charge in [-0.3, -0.25) is 4.79 Å². The van der Waals surface area contributed by atoms with Gasteiger partial charge in [0.2, 0.25) is 0 Å². The smallest absolute Gasteiger partial charge is 0.198 e. The summed E-state index contributed by atoms with van der Waals surface area (Å²) < 4.78 is 22.5. The molecule has 5 nitrogen and oxygen atoms in total. The van der Waals surface area contributed by atoms with Crippen LogP contribution in [0.3, 0.4) is 0 Å². The number of benzene rings is 3. The molecule has 29 heavy (non-hydrogen) atoms. The molecule has 0 spiro atoms. The first-order valence-electron chi connectivity index (χ1n) is 9.39. The van der Waals surface area contributed by atoms with Gasteiger partial charge in [0.1, 0.15) is 18.5 Å². The van der Waals surface area contributed by atoms with Crippen LogP contribution in [0.2, 0.25) is 0 Å². The van der Waals surface area contributed by atoms with Gasteiger partial charge in [-0.2, -0.15) is 0 Å². The molecule has 0 aromatic heterocycles. The number of ketones is 1. The summed E-state index contributed by atoms with van der Waals surface area (Å²) in [7, 11) is 3.16. The molecule has 2 atom stereocenters. The molecule has 0 N–H and O–H groups in total. The summed E-state index contributed by atoms with van der Waals surface area (Å²) in [4.78, 5) is 13.1. The Morgan fingerprint density at radius 3 is 2.34 bits per heavy atom. The first kappa shape index (κ1) is 19.0. The van der Waals surface area contributed by atoms with Gasteiger partial charge in [-0.05, 0) is 23.8 Å². The van der Waals surface area contributed by atoms with Crippen LogP contribution in [0.4, 0.5) is 0 Å². The van der Waals surface area contributed by atoms with Crippen LogP contribution in [0.15, 0.2) is 72.8 Å². The third-order valence-corrected chi connectivity index (χ3v) is 4.88. The molecular weight excluding hydrogens is 368 g/mol. The quantitative estimate of drug-likeness (QED) is 0.415. The van der Waals surface area contributed by atoms with Crippen molar-refractivity contribution in [1.29, 1.82) is 0 Å². The zero-order valence-corrected chi connectivity index (χ0v) is 16.3. The molecule has 0 aliphatic carbocycles. The van der Waals surface area contributed by atoms with E-state index in [4.69, 9.17) is 18.9 Å². The van der Waals surface area contributed by atoms with E-state index in [9.17, 15) is 4.79 Å². The van der Waals surface area contributed by atoms with Crippen molar-refractivity contribution in [3.8, 4) is 17.2 Å². The molecule has 1 saturated heterocycles. The number of carbonyl (C=O) groups excluding carboxylic acids is 1. The first-order valence-corrected chi connectivity index (χ1v) is 9.39. The summed E-state index contributed by atoms with van der Waals surface area (Å²) in [6, 6.07) is 22.7. The van der Waals surface area contributed by atoms with Crippen molar-refractivity contribution in [3.63, 3.8) is 0 Å². The highest BCUT2D eigenvalue weighted by Gasteiger charge is 2.48. The predicted octanol–water partition coefficient (Wildman–Crippen LogP) is 4.61. The van der Waals surface area contributed by atoms with Crippen LogP contribution < -0.4 is 14.2 Å². The van der Waals surface area contributed by atoms with Crippen molar-refractivity contribution in [1.82, 2.24) is 0 Å². The molecule has 0 saturated carbocycles. The average molecular weight is 390 g/mol. The van der Waals surface area contributed by atoms with E-state index in [1.807, 2.05) is 60.7 Å². The van der Waals surface area contributed by atoms with Crippen molar-refractivity contribution in [3.05, 3.63) is 89.5 Å².